The van der Waals surface area contributed by atoms with E-state index in [1.807, 2.05) is 12.3 Å². The van der Waals surface area contributed by atoms with E-state index in [0.717, 1.165) is 0 Å². The Labute approximate surface area is 206 Å². The maximum atomic E-state index is 12.8. The number of ether oxygens (including phenoxy) is 2. The minimum Gasteiger partial charge on any atom is -0.414 e. The fourth-order valence-electron chi connectivity index (χ4n) is 3.34. The van der Waals surface area contributed by atoms with Gasteiger partial charge in [-0.25, -0.2) is 4.79 Å². The van der Waals surface area contributed by atoms with Gasteiger partial charge in [-0.3, -0.25) is 9.36 Å². The molecule has 0 saturated carbocycles. The molecule has 34 heavy (non-hydrogen) atoms. The molecule has 1 aliphatic heterocycles. The SMILES string of the molecule is CSCO[C@H]1C[C@@H](n2ccc(NC(=O)c3ccccc3)nc2=O)O[C@H]1CO[Si](C)(C)C(C)(C)C. The number of nitrogens with one attached hydrogen (secondary N) is 1. The summed E-state index contributed by atoms with van der Waals surface area (Å²) in [5, 5.41) is 2.75. The number of hydrogen-bond acceptors (Lipinski definition) is 7. The number of benzene rings is 1. The molecule has 1 saturated heterocycles. The van der Waals surface area contributed by atoms with E-state index >= 15 is 0 Å². The first-order valence-electron chi connectivity index (χ1n) is 11.4. The van der Waals surface area contributed by atoms with Crippen molar-refractivity contribution in [1.82, 2.24) is 9.55 Å². The van der Waals surface area contributed by atoms with Gasteiger partial charge in [-0.05, 0) is 42.6 Å². The highest BCUT2D eigenvalue weighted by Crippen LogP contribution is 2.38. The van der Waals surface area contributed by atoms with Crippen molar-refractivity contribution in [3.05, 3.63) is 58.6 Å². The molecule has 2 heterocycles. The first-order chi connectivity index (χ1) is 16.0. The number of nitrogens with zero attached hydrogens (tertiary/aromatic N) is 2. The summed E-state index contributed by atoms with van der Waals surface area (Å²) in [5.41, 5.74) is -0.00333. The van der Waals surface area contributed by atoms with Crippen molar-refractivity contribution in [3.8, 4) is 0 Å². The van der Waals surface area contributed by atoms with E-state index in [2.05, 4.69) is 44.2 Å². The summed E-state index contributed by atoms with van der Waals surface area (Å²) in [5.74, 6) is 0.409. The van der Waals surface area contributed by atoms with E-state index in [4.69, 9.17) is 13.9 Å². The Hall–Kier alpha value is -1.98. The molecule has 1 fully saturated rings. The molecule has 1 N–H and O–H groups in total. The Bertz CT molecular complexity index is 1030. The molecule has 10 heteroatoms. The summed E-state index contributed by atoms with van der Waals surface area (Å²) in [7, 11) is -1.96. The lowest BCUT2D eigenvalue weighted by Crippen LogP contribution is -2.44. The normalized spacial score (nSPS) is 20.9. The Morgan fingerprint density at radius 1 is 1.26 bits per heavy atom. The molecular formula is C24H35N3O5SSi. The average Bonchev–Trinajstić information content (AvgIpc) is 3.19. The molecule has 3 atom stereocenters. The van der Waals surface area contributed by atoms with E-state index in [9.17, 15) is 9.59 Å². The highest BCUT2D eigenvalue weighted by Gasteiger charge is 2.42. The molecule has 1 aliphatic rings. The van der Waals surface area contributed by atoms with Crippen LogP contribution in [0.15, 0.2) is 47.4 Å². The third-order valence-electron chi connectivity index (χ3n) is 6.41. The van der Waals surface area contributed by atoms with Crippen LogP contribution in [0.25, 0.3) is 0 Å². The predicted octanol–water partition coefficient (Wildman–Crippen LogP) is 4.51. The van der Waals surface area contributed by atoms with E-state index in [-0.39, 0.29) is 29.0 Å². The van der Waals surface area contributed by atoms with Gasteiger partial charge in [0.15, 0.2) is 8.32 Å². The maximum absolute atomic E-state index is 12.8. The van der Waals surface area contributed by atoms with Crippen LogP contribution in [0, 0.1) is 0 Å². The van der Waals surface area contributed by atoms with Gasteiger partial charge >= 0.3 is 5.69 Å². The maximum Gasteiger partial charge on any atom is 0.351 e. The number of carbonyl (C=O) groups is 1. The third kappa shape index (κ3) is 6.57. The highest BCUT2D eigenvalue weighted by molar-refractivity contribution is 7.98. The molecule has 1 aromatic heterocycles. The lowest BCUT2D eigenvalue weighted by molar-refractivity contribution is -0.0528. The van der Waals surface area contributed by atoms with Gasteiger partial charge in [-0.2, -0.15) is 4.98 Å². The van der Waals surface area contributed by atoms with Gasteiger partial charge in [0.05, 0.1) is 18.6 Å². The molecule has 0 unspecified atom stereocenters. The van der Waals surface area contributed by atoms with Crippen molar-refractivity contribution in [2.24, 2.45) is 0 Å². The van der Waals surface area contributed by atoms with E-state index < -0.39 is 20.2 Å². The zero-order chi connectivity index (χ0) is 24.9. The van der Waals surface area contributed by atoms with E-state index in [1.165, 1.54) is 4.57 Å². The quantitative estimate of drug-likeness (QED) is 0.396. The monoisotopic (exact) mass is 505 g/mol. The van der Waals surface area contributed by atoms with Crippen LogP contribution < -0.4 is 11.0 Å². The molecule has 3 rings (SSSR count). The fourth-order valence-corrected chi connectivity index (χ4v) is 4.66. The van der Waals surface area contributed by atoms with Crippen LogP contribution in [0.1, 0.15) is 43.8 Å². The number of hydrogen-bond donors (Lipinski definition) is 1. The lowest BCUT2D eigenvalue weighted by atomic mass is 10.2. The molecule has 0 aliphatic carbocycles. The number of anilines is 1. The zero-order valence-corrected chi connectivity index (χ0v) is 22.6. The number of aromatic nitrogens is 2. The fraction of sp³-hybridized carbons (Fsp3) is 0.542. The van der Waals surface area contributed by atoms with Gasteiger partial charge in [-0.15, -0.1) is 11.8 Å². The van der Waals surface area contributed by atoms with Crippen LogP contribution in [0.5, 0.6) is 0 Å². The lowest BCUT2D eigenvalue weighted by Gasteiger charge is -2.37. The van der Waals surface area contributed by atoms with Gasteiger partial charge in [-0.1, -0.05) is 39.0 Å². The van der Waals surface area contributed by atoms with Crippen LogP contribution in [0.3, 0.4) is 0 Å². The summed E-state index contributed by atoms with van der Waals surface area (Å²) < 4.78 is 20.1. The van der Waals surface area contributed by atoms with Gasteiger partial charge in [0.2, 0.25) is 0 Å². The second kappa shape index (κ2) is 11.2. The summed E-state index contributed by atoms with van der Waals surface area (Å²) in [6.07, 6.45) is 3.11. The van der Waals surface area contributed by atoms with Crippen molar-refractivity contribution in [1.29, 1.82) is 0 Å². The topological polar surface area (TPSA) is 91.7 Å². The third-order valence-corrected chi connectivity index (χ3v) is 11.3. The molecule has 1 aromatic carbocycles. The molecular weight excluding hydrogens is 470 g/mol. The second-order valence-electron chi connectivity index (χ2n) is 9.87. The summed E-state index contributed by atoms with van der Waals surface area (Å²) in [6.45, 7) is 11.4. The first kappa shape index (κ1) is 26.6. The standard InChI is InChI=1S/C24H35N3O5SSi/c1-24(2,3)34(5,6)31-15-19-18(30-16-33-4)14-21(32-19)27-13-12-20(26-23(27)29)25-22(28)17-10-8-7-9-11-17/h7-13,18-19,21H,14-16H2,1-6H3,(H,25,26,28,29)/t18-,19-,21-/m0/s1. The van der Waals surface area contributed by atoms with Gasteiger partial charge in [0.1, 0.15) is 18.1 Å². The minimum atomic E-state index is -1.96. The Morgan fingerprint density at radius 3 is 2.59 bits per heavy atom. The van der Waals surface area contributed by atoms with Crippen LogP contribution in [-0.2, 0) is 13.9 Å². The van der Waals surface area contributed by atoms with Crippen LogP contribution in [0.2, 0.25) is 18.1 Å². The van der Waals surface area contributed by atoms with Crippen LogP contribution >= 0.6 is 11.8 Å². The molecule has 2 aromatic rings. The number of thioether (sulfide) groups is 1. The Morgan fingerprint density at radius 2 is 1.97 bits per heavy atom. The van der Waals surface area contributed by atoms with Crippen molar-refractivity contribution in [2.45, 2.75) is 63.8 Å². The number of rotatable bonds is 9. The number of amides is 1. The van der Waals surface area contributed by atoms with Crippen molar-refractivity contribution in [3.63, 3.8) is 0 Å². The zero-order valence-electron chi connectivity index (χ0n) is 20.7. The molecule has 0 bridgehead atoms. The predicted molar refractivity (Wildman–Crippen MR) is 138 cm³/mol. The molecule has 186 valence electrons. The van der Waals surface area contributed by atoms with Crippen molar-refractivity contribution >= 4 is 31.8 Å². The van der Waals surface area contributed by atoms with E-state index in [0.29, 0.717) is 24.5 Å². The average molecular weight is 506 g/mol. The molecule has 1 amide bonds. The smallest absolute Gasteiger partial charge is 0.351 e. The molecule has 0 spiro atoms. The minimum absolute atomic E-state index is 0.0848. The molecule has 8 nitrogen and oxygen atoms in total. The summed E-state index contributed by atoms with van der Waals surface area (Å²) >= 11 is 1.59. The Kier molecular flexibility index (Phi) is 8.75. The van der Waals surface area contributed by atoms with Crippen molar-refractivity contribution in [2.75, 3.05) is 24.1 Å². The highest BCUT2D eigenvalue weighted by atomic mass is 32.2. The summed E-state index contributed by atoms with van der Waals surface area (Å²) in [4.78, 5) is 29.2. The largest absolute Gasteiger partial charge is 0.414 e. The number of carbonyl (C=O) groups excluding carboxylic acids is 1. The summed E-state index contributed by atoms with van der Waals surface area (Å²) in [6, 6.07) is 10.4. The van der Waals surface area contributed by atoms with E-state index in [1.54, 1.807) is 48.3 Å². The van der Waals surface area contributed by atoms with Crippen LogP contribution in [-0.4, -0.2) is 54.8 Å². The van der Waals surface area contributed by atoms with Crippen LogP contribution in [0.4, 0.5) is 5.82 Å². The van der Waals surface area contributed by atoms with Gasteiger partial charge in [0.25, 0.3) is 5.91 Å². The first-order valence-corrected chi connectivity index (χ1v) is 15.7. The second-order valence-corrected chi connectivity index (χ2v) is 15.5. The van der Waals surface area contributed by atoms with Gasteiger partial charge in [0, 0.05) is 18.2 Å². The Balaban J connectivity index is 1.70. The van der Waals surface area contributed by atoms with Gasteiger partial charge < -0.3 is 19.2 Å². The molecule has 0 radical (unpaired) electrons. The van der Waals surface area contributed by atoms with Crippen molar-refractivity contribution < 1.29 is 18.7 Å².